The molecule has 0 amide bonds. The Kier molecular flexibility index (Phi) is 7.50. The van der Waals surface area contributed by atoms with Crippen LogP contribution in [0.2, 0.25) is 0 Å². The van der Waals surface area contributed by atoms with E-state index in [1.54, 1.807) is 26.0 Å². The molecule has 126 valence electrons. The highest BCUT2D eigenvalue weighted by atomic mass is 127. The molecule has 0 saturated heterocycles. The lowest BCUT2D eigenvalue weighted by Gasteiger charge is -2.09. The van der Waals surface area contributed by atoms with E-state index in [2.05, 4.69) is 29.2 Å². The van der Waals surface area contributed by atoms with Gasteiger partial charge in [-0.05, 0) is 73.2 Å². The highest BCUT2D eigenvalue weighted by Gasteiger charge is 2.18. The lowest BCUT2D eigenvalue weighted by molar-refractivity contribution is 0.199. The van der Waals surface area contributed by atoms with Gasteiger partial charge in [0.1, 0.15) is 9.87 Å². The Morgan fingerprint density at radius 1 is 1.26 bits per heavy atom. The third-order valence-electron chi connectivity index (χ3n) is 3.01. The Bertz CT molecular complexity index is 699. The smallest absolute Gasteiger partial charge is 0.206 e. The Labute approximate surface area is 151 Å². The predicted octanol–water partition coefficient (Wildman–Crippen LogP) is 4.28. The van der Waals surface area contributed by atoms with E-state index in [9.17, 15) is 13.5 Å². The molecule has 0 aliphatic rings. The number of halogens is 1. The summed E-state index contributed by atoms with van der Waals surface area (Å²) in [5.74, 6) is 0.394. The normalized spacial score (nSPS) is 15.4. The van der Waals surface area contributed by atoms with Crippen molar-refractivity contribution in [1.82, 2.24) is 0 Å². The van der Waals surface area contributed by atoms with Gasteiger partial charge in [0.25, 0.3) is 0 Å². The molecule has 1 N–H and O–H groups in total. The SMILES string of the molecule is C=C(/C=C\C(=C/C)S(=O)(=O)c1ccc(C(C)O)cc1)OC(C)I. The third kappa shape index (κ3) is 5.78. The molecule has 0 aliphatic carbocycles. The average Bonchev–Trinajstić information content (AvgIpc) is 2.46. The second-order valence-electron chi connectivity index (χ2n) is 4.90. The number of allylic oxidation sites excluding steroid dienone is 3. The van der Waals surface area contributed by atoms with Crippen LogP contribution < -0.4 is 0 Å². The number of rotatable bonds is 7. The van der Waals surface area contributed by atoms with Crippen molar-refractivity contribution in [2.24, 2.45) is 0 Å². The summed E-state index contributed by atoms with van der Waals surface area (Å²) in [6, 6.07) is 6.20. The van der Waals surface area contributed by atoms with Crippen molar-refractivity contribution in [2.45, 2.75) is 35.9 Å². The van der Waals surface area contributed by atoms with Crippen LogP contribution in [-0.2, 0) is 14.6 Å². The Hall–Kier alpha value is -1.12. The largest absolute Gasteiger partial charge is 0.481 e. The Morgan fingerprint density at radius 2 is 1.83 bits per heavy atom. The summed E-state index contributed by atoms with van der Waals surface area (Å²) in [4.78, 5) is 0.335. The van der Waals surface area contributed by atoms with Gasteiger partial charge in [0.15, 0.2) is 0 Å². The topological polar surface area (TPSA) is 63.6 Å². The average molecular weight is 448 g/mol. The summed E-state index contributed by atoms with van der Waals surface area (Å²) in [6.45, 7) is 8.87. The number of alkyl halides is 1. The van der Waals surface area contributed by atoms with Gasteiger partial charge in [-0.15, -0.1) is 0 Å². The first-order chi connectivity index (χ1) is 10.7. The van der Waals surface area contributed by atoms with E-state index in [1.807, 2.05) is 6.92 Å². The van der Waals surface area contributed by atoms with Crippen molar-refractivity contribution in [3.05, 3.63) is 65.3 Å². The number of aliphatic hydroxyl groups is 1. The summed E-state index contributed by atoms with van der Waals surface area (Å²) in [6.07, 6.45) is 3.89. The minimum absolute atomic E-state index is 0.0524. The van der Waals surface area contributed by atoms with Crippen LogP contribution in [0.4, 0.5) is 0 Å². The maximum Gasteiger partial charge on any atom is 0.206 e. The van der Waals surface area contributed by atoms with Crippen LogP contribution in [-0.4, -0.2) is 17.6 Å². The second-order valence-corrected chi connectivity index (χ2v) is 8.60. The van der Waals surface area contributed by atoms with Gasteiger partial charge in [-0.1, -0.05) is 24.8 Å². The summed E-state index contributed by atoms with van der Waals surface area (Å²) in [7, 11) is -3.62. The lowest BCUT2D eigenvalue weighted by Crippen LogP contribution is -2.04. The molecule has 0 radical (unpaired) electrons. The Balaban J connectivity index is 3.04. The molecular formula is C17H21IO4S. The molecule has 0 aliphatic heterocycles. The first-order valence-electron chi connectivity index (χ1n) is 7.05. The Morgan fingerprint density at radius 3 is 2.26 bits per heavy atom. The third-order valence-corrected chi connectivity index (χ3v) is 5.15. The number of hydrogen-bond donors (Lipinski definition) is 1. The summed E-state index contributed by atoms with van der Waals surface area (Å²) in [5, 5.41) is 9.49. The fourth-order valence-electron chi connectivity index (χ4n) is 1.83. The molecule has 6 heteroatoms. The van der Waals surface area contributed by atoms with E-state index in [0.717, 1.165) is 0 Å². The van der Waals surface area contributed by atoms with Crippen LogP contribution in [0.3, 0.4) is 0 Å². The van der Waals surface area contributed by atoms with E-state index < -0.39 is 15.9 Å². The zero-order valence-electron chi connectivity index (χ0n) is 13.4. The van der Waals surface area contributed by atoms with Crippen LogP contribution in [0.25, 0.3) is 0 Å². The van der Waals surface area contributed by atoms with Crippen molar-refractivity contribution in [3.63, 3.8) is 0 Å². The highest BCUT2D eigenvalue weighted by Crippen LogP contribution is 2.23. The number of benzene rings is 1. The minimum Gasteiger partial charge on any atom is -0.481 e. The van der Waals surface area contributed by atoms with Crippen molar-refractivity contribution < 1.29 is 18.3 Å². The van der Waals surface area contributed by atoms with Crippen molar-refractivity contribution in [3.8, 4) is 0 Å². The van der Waals surface area contributed by atoms with Crippen molar-refractivity contribution in [2.75, 3.05) is 0 Å². The highest BCUT2D eigenvalue weighted by molar-refractivity contribution is 14.1. The molecule has 0 fully saturated rings. The number of ether oxygens (including phenoxy) is 1. The molecule has 2 unspecified atom stereocenters. The van der Waals surface area contributed by atoms with Gasteiger partial charge in [0.05, 0.1) is 15.9 Å². The number of aliphatic hydroxyl groups excluding tert-OH is 1. The van der Waals surface area contributed by atoms with E-state index in [0.29, 0.717) is 11.3 Å². The second kappa shape index (κ2) is 8.65. The van der Waals surface area contributed by atoms with Crippen LogP contribution >= 0.6 is 22.6 Å². The minimum atomic E-state index is -3.62. The molecular weight excluding hydrogens is 427 g/mol. The molecule has 2 atom stereocenters. The van der Waals surface area contributed by atoms with Crippen molar-refractivity contribution >= 4 is 32.4 Å². The summed E-state index contributed by atoms with van der Waals surface area (Å²) in [5.41, 5.74) is 0.666. The molecule has 4 nitrogen and oxygen atoms in total. The maximum atomic E-state index is 12.6. The van der Waals surface area contributed by atoms with Gasteiger partial charge >= 0.3 is 0 Å². The standard InChI is InChI=1S/C17H21IO4S/c1-5-16(9-6-12(2)22-14(4)18)23(20,21)17-10-7-15(8-11-17)13(3)19/h5-11,13-14,19H,2H2,1,3-4H3/b9-6-,16-5+. The van der Waals surface area contributed by atoms with Crippen LogP contribution in [0.1, 0.15) is 32.4 Å². The quantitative estimate of drug-likeness (QED) is 0.293. The zero-order chi connectivity index (χ0) is 17.6. The first-order valence-corrected chi connectivity index (χ1v) is 9.78. The van der Waals surface area contributed by atoms with E-state index in [1.165, 1.54) is 30.4 Å². The molecule has 0 heterocycles. The molecule has 1 aromatic rings. The molecule has 0 aromatic heterocycles. The summed E-state index contributed by atoms with van der Waals surface area (Å²) >= 11 is 2.09. The van der Waals surface area contributed by atoms with Gasteiger partial charge < -0.3 is 9.84 Å². The fourth-order valence-corrected chi connectivity index (χ4v) is 3.48. The monoisotopic (exact) mass is 448 g/mol. The summed E-state index contributed by atoms with van der Waals surface area (Å²) < 4.78 is 30.6. The predicted molar refractivity (Wildman–Crippen MR) is 101 cm³/mol. The van der Waals surface area contributed by atoms with E-state index in [-0.39, 0.29) is 13.9 Å². The van der Waals surface area contributed by atoms with E-state index in [4.69, 9.17) is 4.74 Å². The molecule has 1 aromatic carbocycles. The van der Waals surface area contributed by atoms with Gasteiger partial charge in [-0.25, -0.2) is 8.42 Å². The zero-order valence-corrected chi connectivity index (χ0v) is 16.3. The first kappa shape index (κ1) is 19.9. The van der Waals surface area contributed by atoms with Crippen LogP contribution in [0, 0.1) is 0 Å². The van der Waals surface area contributed by atoms with Gasteiger partial charge in [0.2, 0.25) is 9.84 Å². The van der Waals surface area contributed by atoms with E-state index >= 15 is 0 Å². The van der Waals surface area contributed by atoms with Gasteiger partial charge in [-0.3, -0.25) is 0 Å². The van der Waals surface area contributed by atoms with Gasteiger partial charge in [0, 0.05) is 0 Å². The molecule has 0 bridgehead atoms. The molecule has 23 heavy (non-hydrogen) atoms. The van der Waals surface area contributed by atoms with Crippen LogP contribution in [0.15, 0.2) is 64.6 Å². The fraction of sp³-hybridized carbons (Fsp3) is 0.294. The van der Waals surface area contributed by atoms with Crippen molar-refractivity contribution in [1.29, 1.82) is 0 Å². The van der Waals surface area contributed by atoms with Crippen LogP contribution in [0.5, 0.6) is 0 Å². The number of hydrogen-bond acceptors (Lipinski definition) is 4. The maximum absolute atomic E-state index is 12.6. The van der Waals surface area contributed by atoms with Gasteiger partial charge in [-0.2, -0.15) is 0 Å². The molecule has 0 saturated carbocycles. The number of sulfone groups is 1. The lowest BCUT2D eigenvalue weighted by atomic mass is 10.1. The molecule has 1 rings (SSSR count). The molecule has 0 spiro atoms.